The molecule has 2 aliphatic rings. The van der Waals surface area contributed by atoms with Crippen LogP contribution in [0, 0.1) is 17.2 Å². The van der Waals surface area contributed by atoms with Crippen molar-refractivity contribution >= 4 is 23.5 Å². The SMILES string of the molecule is CCCN=CC(=CN)c1nc(-c2ccc(F)cc2)[nH]c1[C@H](CCCCCC(=O)CC)NC(=O)C1CC12CCN(CC)CC2. The molecule has 1 aromatic carbocycles. The van der Waals surface area contributed by atoms with E-state index >= 15 is 0 Å². The van der Waals surface area contributed by atoms with Gasteiger partial charge in [-0.3, -0.25) is 14.6 Å². The molecule has 0 bridgehead atoms. The first-order valence-electron chi connectivity index (χ1n) is 16.2. The van der Waals surface area contributed by atoms with Gasteiger partial charge in [-0.25, -0.2) is 9.37 Å². The number of unbranched alkanes of at least 4 members (excludes halogenated alkanes) is 2. The molecule has 2 aromatic rings. The molecule has 2 atom stereocenters. The van der Waals surface area contributed by atoms with Crippen LogP contribution in [-0.2, 0) is 9.59 Å². The van der Waals surface area contributed by atoms with Crippen molar-refractivity contribution in [3.05, 3.63) is 47.7 Å². The number of amides is 1. The summed E-state index contributed by atoms with van der Waals surface area (Å²) < 4.78 is 13.7. The number of benzene rings is 1. The Balaban J connectivity index is 1.61. The van der Waals surface area contributed by atoms with E-state index in [0.29, 0.717) is 42.9 Å². The number of rotatable bonds is 16. The molecule has 1 aromatic heterocycles. The van der Waals surface area contributed by atoms with Crippen molar-refractivity contribution in [3.63, 3.8) is 0 Å². The first-order valence-corrected chi connectivity index (χ1v) is 16.2. The maximum absolute atomic E-state index is 13.8. The van der Waals surface area contributed by atoms with E-state index in [2.05, 4.69) is 34.0 Å². The zero-order valence-electron chi connectivity index (χ0n) is 26.1. The van der Waals surface area contributed by atoms with E-state index in [4.69, 9.17) is 10.7 Å². The standard InChI is InChI=1S/C34H49FN6O2/c1-4-18-37-23-25(22-36)30-31(40-32(39-30)24-12-14-26(35)15-13-24)29(11-9-7-8-10-27(42)5-2)38-33(43)28-21-34(28)16-19-41(6-3)20-17-34/h12-15,22-23,28-29H,4-11,16-21,36H2,1-3H3,(H,38,43)(H,39,40)/t28?,29-/m0/s1. The number of nitrogens with two attached hydrogens (primary N) is 1. The lowest BCUT2D eigenvalue weighted by atomic mass is 9.90. The predicted molar refractivity (Wildman–Crippen MR) is 171 cm³/mol. The van der Waals surface area contributed by atoms with Crippen LogP contribution in [0.4, 0.5) is 4.39 Å². The van der Waals surface area contributed by atoms with E-state index in [1.54, 1.807) is 18.3 Å². The zero-order chi connectivity index (χ0) is 30.8. The number of likely N-dealkylation sites (tertiary alicyclic amines) is 1. The van der Waals surface area contributed by atoms with Crippen LogP contribution >= 0.6 is 0 Å². The molecule has 1 saturated heterocycles. The topological polar surface area (TPSA) is 116 Å². The quantitative estimate of drug-likeness (QED) is 0.158. The van der Waals surface area contributed by atoms with Crippen molar-refractivity contribution in [2.45, 2.75) is 91.0 Å². The molecular formula is C34H49FN6O2. The number of Topliss-reactive ketones (excluding diaryl/α,β-unsaturated/α-hetero) is 1. The number of imidazole rings is 1. The number of hydrogen-bond donors (Lipinski definition) is 3. The van der Waals surface area contributed by atoms with Gasteiger partial charge in [-0.15, -0.1) is 0 Å². The Bertz CT molecular complexity index is 1280. The fraction of sp³-hybridized carbons (Fsp3) is 0.588. The van der Waals surface area contributed by atoms with E-state index in [1.165, 1.54) is 18.3 Å². The molecule has 9 heteroatoms. The van der Waals surface area contributed by atoms with E-state index < -0.39 is 0 Å². The van der Waals surface area contributed by atoms with Crippen molar-refractivity contribution in [3.8, 4) is 11.4 Å². The lowest BCUT2D eigenvalue weighted by molar-refractivity contribution is -0.124. The van der Waals surface area contributed by atoms with Crippen molar-refractivity contribution in [2.75, 3.05) is 26.2 Å². The van der Waals surface area contributed by atoms with Crippen LogP contribution in [-0.4, -0.2) is 59.0 Å². The molecule has 1 amide bonds. The summed E-state index contributed by atoms with van der Waals surface area (Å²) >= 11 is 0. The van der Waals surface area contributed by atoms with Crippen LogP contribution in [0.15, 0.2) is 35.5 Å². The van der Waals surface area contributed by atoms with Crippen LogP contribution < -0.4 is 11.1 Å². The molecule has 4 N–H and O–H groups in total. The molecular weight excluding hydrogens is 543 g/mol. The van der Waals surface area contributed by atoms with Gasteiger partial charge in [-0.2, -0.15) is 0 Å². The van der Waals surface area contributed by atoms with Crippen molar-refractivity contribution < 1.29 is 14.0 Å². The Morgan fingerprint density at radius 2 is 1.93 bits per heavy atom. The summed E-state index contributed by atoms with van der Waals surface area (Å²) in [6.45, 7) is 9.97. The molecule has 2 heterocycles. The van der Waals surface area contributed by atoms with Crippen molar-refractivity contribution in [1.82, 2.24) is 20.2 Å². The molecule has 1 spiro atoms. The number of H-pyrrole nitrogens is 1. The molecule has 43 heavy (non-hydrogen) atoms. The second kappa shape index (κ2) is 15.4. The summed E-state index contributed by atoms with van der Waals surface area (Å²) in [5.74, 6) is 0.658. The van der Waals surface area contributed by atoms with Crippen LogP contribution in [0.2, 0.25) is 0 Å². The van der Waals surface area contributed by atoms with Crippen molar-refractivity contribution in [1.29, 1.82) is 0 Å². The highest BCUT2D eigenvalue weighted by molar-refractivity contribution is 6.09. The molecule has 1 aliphatic heterocycles. The van der Waals surface area contributed by atoms with E-state index in [0.717, 1.165) is 75.8 Å². The molecule has 2 fully saturated rings. The Hall–Kier alpha value is -3.33. The number of nitrogens with one attached hydrogen (secondary N) is 2. The maximum Gasteiger partial charge on any atom is 0.224 e. The molecule has 0 radical (unpaired) electrons. The molecule has 8 nitrogen and oxygen atoms in total. The summed E-state index contributed by atoms with van der Waals surface area (Å²) in [7, 11) is 0. The highest BCUT2D eigenvalue weighted by atomic mass is 19.1. The van der Waals surface area contributed by atoms with Gasteiger partial charge in [0, 0.05) is 48.9 Å². The fourth-order valence-corrected chi connectivity index (χ4v) is 6.25. The van der Waals surface area contributed by atoms with Gasteiger partial charge in [-0.1, -0.05) is 33.6 Å². The van der Waals surface area contributed by atoms with Gasteiger partial charge in [0.1, 0.15) is 17.4 Å². The van der Waals surface area contributed by atoms with E-state index in [1.807, 2.05) is 6.92 Å². The van der Waals surface area contributed by atoms with Gasteiger partial charge < -0.3 is 20.9 Å². The Morgan fingerprint density at radius 1 is 1.19 bits per heavy atom. The van der Waals surface area contributed by atoms with Crippen molar-refractivity contribution in [2.24, 2.45) is 22.1 Å². The van der Waals surface area contributed by atoms with Gasteiger partial charge in [-0.05, 0) is 87.8 Å². The third-order valence-corrected chi connectivity index (χ3v) is 9.20. The minimum absolute atomic E-state index is 0.0229. The van der Waals surface area contributed by atoms with Gasteiger partial charge >= 0.3 is 0 Å². The first-order chi connectivity index (χ1) is 20.8. The van der Waals surface area contributed by atoms with E-state index in [9.17, 15) is 14.0 Å². The smallest absolute Gasteiger partial charge is 0.224 e. The third kappa shape index (κ3) is 8.40. The number of piperidine rings is 1. The fourth-order valence-electron chi connectivity index (χ4n) is 6.25. The predicted octanol–water partition coefficient (Wildman–Crippen LogP) is 6.21. The largest absolute Gasteiger partial charge is 0.404 e. The molecule has 1 aliphatic carbocycles. The number of nitrogens with zero attached hydrogens (tertiary/aromatic N) is 3. The first kappa shape index (κ1) is 32.6. The average molecular weight is 593 g/mol. The van der Waals surface area contributed by atoms with E-state index in [-0.39, 0.29) is 34.9 Å². The number of carbonyl (C=O) groups excluding carboxylic acids is 2. The average Bonchev–Trinajstić information content (AvgIpc) is 3.54. The second-order valence-corrected chi connectivity index (χ2v) is 12.1. The number of ketones is 1. The lowest BCUT2D eigenvalue weighted by Gasteiger charge is -2.32. The Morgan fingerprint density at radius 3 is 2.58 bits per heavy atom. The van der Waals surface area contributed by atoms with Gasteiger partial charge in [0.15, 0.2) is 0 Å². The lowest BCUT2D eigenvalue weighted by Crippen LogP contribution is -2.37. The zero-order valence-corrected chi connectivity index (χ0v) is 26.1. The van der Waals surface area contributed by atoms with Crippen LogP contribution in [0.3, 0.4) is 0 Å². The van der Waals surface area contributed by atoms with Gasteiger partial charge in [0.2, 0.25) is 5.91 Å². The molecule has 234 valence electrons. The van der Waals surface area contributed by atoms with Crippen LogP contribution in [0.5, 0.6) is 0 Å². The second-order valence-electron chi connectivity index (χ2n) is 12.1. The Labute approximate surface area is 255 Å². The number of halogens is 1. The number of hydrogen-bond acceptors (Lipinski definition) is 6. The minimum Gasteiger partial charge on any atom is -0.404 e. The summed E-state index contributed by atoms with van der Waals surface area (Å²) in [4.78, 5) is 41.0. The minimum atomic E-state index is -0.325. The summed E-state index contributed by atoms with van der Waals surface area (Å²) in [5.41, 5.74) is 9.02. The molecule has 1 saturated carbocycles. The summed E-state index contributed by atoms with van der Waals surface area (Å²) in [6, 6.07) is 5.87. The number of allylic oxidation sites excluding steroid dienone is 1. The highest BCUT2D eigenvalue weighted by Gasteiger charge is 2.58. The molecule has 1 unspecified atom stereocenters. The Kier molecular flexibility index (Phi) is 11.7. The third-order valence-electron chi connectivity index (χ3n) is 9.20. The van der Waals surface area contributed by atoms with Gasteiger partial charge in [0.25, 0.3) is 0 Å². The monoisotopic (exact) mass is 592 g/mol. The van der Waals surface area contributed by atoms with Crippen LogP contribution in [0.1, 0.15) is 102 Å². The van der Waals surface area contributed by atoms with Crippen LogP contribution in [0.25, 0.3) is 17.0 Å². The highest BCUT2D eigenvalue weighted by Crippen LogP contribution is 2.59. The normalized spacial score (nSPS) is 19.2. The number of aromatic amines is 1. The number of carbonyl (C=O) groups is 2. The molecule has 4 rings (SSSR count). The van der Waals surface area contributed by atoms with Gasteiger partial charge in [0.05, 0.1) is 17.4 Å². The summed E-state index contributed by atoms with van der Waals surface area (Å²) in [6.07, 6.45) is 11.6. The number of aromatic nitrogens is 2. The maximum atomic E-state index is 13.8. The summed E-state index contributed by atoms with van der Waals surface area (Å²) in [5, 5.41) is 3.40. The number of aliphatic imine (C=N–C) groups is 1.